The molecule has 0 aliphatic heterocycles. The number of hydrogen-bond acceptors (Lipinski definition) is 0. The van der Waals surface area contributed by atoms with Crippen molar-refractivity contribution < 1.29 is 13.2 Å². The topological polar surface area (TPSA) is 0 Å². The van der Waals surface area contributed by atoms with Gasteiger partial charge in [-0.15, -0.1) is 0 Å². The lowest BCUT2D eigenvalue weighted by Gasteiger charge is -2.07. The maximum atomic E-state index is 14.1. The highest BCUT2D eigenvalue weighted by Crippen LogP contribution is 2.27. The molecule has 1 aromatic rings. The lowest BCUT2D eigenvalue weighted by Crippen LogP contribution is -1.89. The number of aryl methyl sites for hydroxylation is 1. The Morgan fingerprint density at radius 2 is 1.79 bits per heavy atom. The van der Waals surface area contributed by atoms with Crippen LogP contribution in [0.4, 0.5) is 13.2 Å². The Hall–Kier alpha value is -2.55. The Balaban J connectivity index is 2.13. The van der Waals surface area contributed by atoms with Crippen LogP contribution < -0.4 is 0 Å². The van der Waals surface area contributed by atoms with E-state index in [0.29, 0.717) is 5.57 Å². The largest absolute Gasteiger partial charge is 0.211 e. The molecule has 0 aromatic heterocycles. The summed E-state index contributed by atoms with van der Waals surface area (Å²) < 4.78 is 41.1. The van der Waals surface area contributed by atoms with E-state index in [1.807, 2.05) is 12.1 Å². The number of halogens is 3. The molecule has 2 rings (SSSR count). The highest BCUT2D eigenvalue weighted by Gasteiger charge is 2.10. The zero-order chi connectivity index (χ0) is 20.5. The molecule has 0 atom stereocenters. The van der Waals surface area contributed by atoms with Gasteiger partial charge in [-0.2, -0.15) is 0 Å². The Morgan fingerprint density at radius 1 is 1.07 bits per heavy atom. The molecule has 0 fully saturated rings. The average Bonchev–Trinajstić information content (AvgIpc) is 2.82. The van der Waals surface area contributed by atoms with Gasteiger partial charge in [-0.25, -0.2) is 13.2 Å². The molecule has 1 aliphatic rings. The Labute approximate surface area is 166 Å². The second kappa shape index (κ2) is 10.7. The average molecular weight is 384 g/mol. The van der Waals surface area contributed by atoms with Crippen molar-refractivity contribution in [3.05, 3.63) is 101 Å². The van der Waals surface area contributed by atoms with Crippen LogP contribution in [0.1, 0.15) is 50.7 Å². The van der Waals surface area contributed by atoms with Gasteiger partial charge in [-0.1, -0.05) is 68.8 Å². The monoisotopic (exact) mass is 384 g/mol. The van der Waals surface area contributed by atoms with Crippen molar-refractivity contribution in [1.82, 2.24) is 0 Å². The highest BCUT2D eigenvalue weighted by molar-refractivity contribution is 5.73. The van der Waals surface area contributed by atoms with E-state index in [2.05, 4.69) is 25.6 Å². The van der Waals surface area contributed by atoms with Gasteiger partial charge < -0.3 is 0 Å². The van der Waals surface area contributed by atoms with Crippen LogP contribution in [0, 0.1) is 0 Å². The minimum atomic E-state index is -0.731. The highest BCUT2D eigenvalue weighted by atomic mass is 19.1. The molecule has 0 radical (unpaired) electrons. The summed E-state index contributed by atoms with van der Waals surface area (Å²) in [7, 11) is 0. The van der Waals surface area contributed by atoms with Crippen molar-refractivity contribution in [3.63, 3.8) is 0 Å². The van der Waals surface area contributed by atoms with Crippen LogP contribution >= 0.6 is 0 Å². The van der Waals surface area contributed by atoms with Crippen molar-refractivity contribution in [2.24, 2.45) is 0 Å². The van der Waals surface area contributed by atoms with Gasteiger partial charge in [0.15, 0.2) is 0 Å². The van der Waals surface area contributed by atoms with Crippen LogP contribution in [0.2, 0.25) is 0 Å². The summed E-state index contributed by atoms with van der Waals surface area (Å²) in [5, 5.41) is 0. The quantitative estimate of drug-likeness (QED) is 0.312. The van der Waals surface area contributed by atoms with Crippen molar-refractivity contribution in [2.45, 2.75) is 46.0 Å². The molecule has 0 bridgehead atoms. The van der Waals surface area contributed by atoms with Crippen LogP contribution in [-0.4, -0.2) is 0 Å². The van der Waals surface area contributed by atoms with Crippen molar-refractivity contribution in [3.8, 4) is 0 Å². The molecule has 0 amide bonds. The van der Waals surface area contributed by atoms with Crippen LogP contribution in [-0.2, 0) is 6.42 Å². The molecule has 28 heavy (non-hydrogen) atoms. The predicted molar refractivity (Wildman–Crippen MR) is 113 cm³/mol. The minimum Gasteiger partial charge on any atom is -0.211 e. The number of unbranched alkanes of at least 4 members (excludes halogenated alkanes) is 2. The van der Waals surface area contributed by atoms with Crippen LogP contribution in [0.3, 0.4) is 0 Å². The van der Waals surface area contributed by atoms with Gasteiger partial charge in [-0.05, 0) is 48.1 Å². The van der Waals surface area contributed by atoms with Crippen molar-refractivity contribution in [2.75, 3.05) is 0 Å². The number of hydrogen-bond donors (Lipinski definition) is 0. The molecule has 0 saturated heterocycles. The van der Waals surface area contributed by atoms with Crippen molar-refractivity contribution >= 4 is 5.57 Å². The third kappa shape index (κ3) is 6.56. The van der Waals surface area contributed by atoms with Gasteiger partial charge in [0.05, 0.1) is 0 Å². The number of benzene rings is 1. The molecule has 0 N–H and O–H groups in total. The summed E-state index contributed by atoms with van der Waals surface area (Å²) >= 11 is 0. The number of allylic oxidation sites excluding steroid dienone is 11. The van der Waals surface area contributed by atoms with E-state index in [4.69, 9.17) is 0 Å². The van der Waals surface area contributed by atoms with Gasteiger partial charge in [-0.3, -0.25) is 0 Å². The van der Waals surface area contributed by atoms with Gasteiger partial charge in [0.1, 0.15) is 17.5 Å². The Kier molecular flexibility index (Phi) is 8.31. The first-order valence-electron chi connectivity index (χ1n) is 9.67. The first-order chi connectivity index (χ1) is 13.4. The summed E-state index contributed by atoms with van der Waals surface area (Å²) in [5.74, 6) is -1.79. The van der Waals surface area contributed by atoms with E-state index in [0.717, 1.165) is 29.7 Å². The summed E-state index contributed by atoms with van der Waals surface area (Å²) in [6.07, 6.45) is 11.3. The van der Waals surface area contributed by atoms with E-state index in [9.17, 15) is 13.2 Å². The third-order valence-corrected chi connectivity index (χ3v) is 4.63. The van der Waals surface area contributed by atoms with Gasteiger partial charge in [0.2, 0.25) is 0 Å². The summed E-state index contributed by atoms with van der Waals surface area (Å²) in [6.45, 7) is 7.53. The molecule has 148 valence electrons. The van der Waals surface area contributed by atoms with Crippen LogP contribution in [0.15, 0.2) is 89.9 Å². The van der Waals surface area contributed by atoms with Gasteiger partial charge in [0, 0.05) is 18.1 Å². The minimum absolute atomic E-state index is 0.0652. The predicted octanol–water partition coefficient (Wildman–Crippen LogP) is 8.27. The van der Waals surface area contributed by atoms with Gasteiger partial charge >= 0.3 is 0 Å². The molecule has 0 saturated carbocycles. The molecule has 1 aromatic carbocycles. The fourth-order valence-electron chi connectivity index (χ4n) is 3.01. The summed E-state index contributed by atoms with van der Waals surface area (Å²) in [5.41, 5.74) is 3.48. The van der Waals surface area contributed by atoms with E-state index in [1.54, 1.807) is 12.2 Å². The zero-order valence-electron chi connectivity index (χ0n) is 16.6. The van der Waals surface area contributed by atoms with E-state index in [1.165, 1.54) is 37.8 Å². The number of rotatable bonds is 8. The summed E-state index contributed by atoms with van der Waals surface area (Å²) in [6, 6.07) is 8.18. The smallest absolute Gasteiger partial charge is 0.126 e. The first kappa shape index (κ1) is 21.7. The molecule has 0 unspecified atom stereocenters. The van der Waals surface area contributed by atoms with Crippen molar-refractivity contribution in [1.29, 1.82) is 0 Å². The SMILES string of the molecule is C=C(/C=C\C(C1=CCC(F)=CC(F)=C1)=C(/C)F)c1ccc(CCCCC)cc1. The van der Waals surface area contributed by atoms with Crippen LogP contribution in [0.5, 0.6) is 0 Å². The zero-order valence-corrected chi connectivity index (χ0v) is 16.6. The molecule has 3 heteroatoms. The van der Waals surface area contributed by atoms with E-state index < -0.39 is 17.5 Å². The second-order valence-corrected chi connectivity index (χ2v) is 6.94. The fourth-order valence-corrected chi connectivity index (χ4v) is 3.01. The lowest BCUT2D eigenvalue weighted by atomic mass is 9.99. The fraction of sp³-hybridized carbons (Fsp3) is 0.280. The molecule has 0 heterocycles. The molecule has 0 nitrogen and oxygen atoms in total. The van der Waals surface area contributed by atoms with E-state index in [-0.39, 0.29) is 12.0 Å². The summed E-state index contributed by atoms with van der Waals surface area (Å²) in [4.78, 5) is 0. The normalized spacial score (nSPS) is 15.5. The van der Waals surface area contributed by atoms with Gasteiger partial charge in [0.25, 0.3) is 0 Å². The molecule has 0 spiro atoms. The molecule has 1 aliphatic carbocycles. The second-order valence-electron chi connectivity index (χ2n) is 6.94. The molecular weight excluding hydrogens is 357 g/mol. The van der Waals surface area contributed by atoms with Crippen LogP contribution in [0.25, 0.3) is 5.57 Å². The van der Waals surface area contributed by atoms with E-state index >= 15 is 0 Å². The lowest BCUT2D eigenvalue weighted by molar-refractivity contribution is 0.600. The third-order valence-electron chi connectivity index (χ3n) is 4.63. The molecular formula is C25H27F3. The maximum Gasteiger partial charge on any atom is 0.126 e. The Bertz CT molecular complexity index is 842. The Morgan fingerprint density at radius 3 is 2.43 bits per heavy atom. The first-order valence-corrected chi connectivity index (χ1v) is 9.67. The standard InChI is InChI=1S/C25H27F3/c1-4-5-6-7-20-9-11-21(12-10-20)18(2)8-15-25(19(3)26)22-13-14-23(27)17-24(28)16-22/h8-13,15-17H,2,4-7,14H2,1,3H3/b15-8-,25-19-. The maximum absolute atomic E-state index is 14.1.